The van der Waals surface area contributed by atoms with E-state index in [0.717, 1.165) is 25.1 Å². The van der Waals surface area contributed by atoms with Crippen molar-refractivity contribution in [3.05, 3.63) is 30.1 Å². The second-order valence-electron chi connectivity index (χ2n) is 2.84. The van der Waals surface area contributed by atoms with E-state index < -0.39 is 0 Å². The molecule has 1 fully saturated rings. The third kappa shape index (κ3) is 1.62. The molecule has 1 aliphatic rings. The molecule has 1 saturated heterocycles. The van der Waals surface area contributed by atoms with Gasteiger partial charge in [0.05, 0.1) is 6.61 Å². The lowest BCUT2D eigenvalue weighted by Crippen LogP contribution is -2.31. The molecule has 0 radical (unpaired) electrons. The van der Waals surface area contributed by atoms with Crippen LogP contribution >= 0.6 is 0 Å². The molecule has 1 aromatic heterocycles. The molecule has 1 aliphatic heterocycles. The van der Waals surface area contributed by atoms with Gasteiger partial charge in [-0.1, -0.05) is 0 Å². The summed E-state index contributed by atoms with van der Waals surface area (Å²) in [4.78, 5) is 3.96. The van der Waals surface area contributed by atoms with Crippen LogP contribution < -0.4 is 5.32 Å². The molecular formula is C9H12N2O. The highest BCUT2D eigenvalue weighted by molar-refractivity contribution is 5.12. The Balaban J connectivity index is 2.08. The molecule has 1 N–H and O–H groups in total. The highest BCUT2D eigenvalue weighted by Crippen LogP contribution is 2.15. The molecule has 1 atom stereocenters. The van der Waals surface area contributed by atoms with Gasteiger partial charge >= 0.3 is 0 Å². The zero-order chi connectivity index (χ0) is 8.23. The Morgan fingerprint density at radius 1 is 1.42 bits per heavy atom. The number of ether oxygens (including phenoxy) is 1. The molecule has 2 heterocycles. The number of hydrogen-bond acceptors (Lipinski definition) is 3. The van der Waals surface area contributed by atoms with Crippen molar-refractivity contribution < 1.29 is 4.74 Å². The average molecular weight is 164 g/mol. The lowest BCUT2D eigenvalue weighted by molar-refractivity contribution is -0.000360. The highest BCUT2D eigenvalue weighted by Gasteiger charge is 2.13. The zero-order valence-electron chi connectivity index (χ0n) is 6.86. The third-order valence-electron chi connectivity index (χ3n) is 1.94. The van der Waals surface area contributed by atoms with Crippen molar-refractivity contribution in [2.45, 2.75) is 12.6 Å². The van der Waals surface area contributed by atoms with Gasteiger partial charge in [0.2, 0.25) is 0 Å². The number of nitrogens with zero attached hydrogens (tertiary/aromatic N) is 1. The van der Waals surface area contributed by atoms with Gasteiger partial charge in [-0.25, -0.2) is 0 Å². The van der Waals surface area contributed by atoms with Crippen molar-refractivity contribution in [3.63, 3.8) is 0 Å². The van der Waals surface area contributed by atoms with Gasteiger partial charge in [0.15, 0.2) is 0 Å². The van der Waals surface area contributed by atoms with Crippen molar-refractivity contribution in [2.75, 3.05) is 13.2 Å². The standard InChI is InChI=1S/C9H12N2O/c1-4-11-9(12-7-1)8-2-5-10-6-3-8/h2-3,5-6,9,11H,1,4,7H2. The fraction of sp³-hybridized carbons (Fsp3) is 0.444. The fourth-order valence-corrected chi connectivity index (χ4v) is 1.32. The SMILES string of the molecule is c1cc(C2NCCCO2)ccn1. The lowest BCUT2D eigenvalue weighted by atomic mass is 10.2. The van der Waals surface area contributed by atoms with Gasteiger partial charge in [-0.3, -0.25) is 10.3 Å². The van der Waals surface area contributed by atoms with Crippen molar-refractivity contribution in [3.8, 4) is 0 Å². The van der Waals surface area contributed by atoms with Crippen molar-refractivity contribution in [1.82, 2.24) is 10.3 Å². The van der Waals surface area contributed by atoms with Crippen LogP contribution in [0, 0.1) is 0 Å². The van der Waals surface area contributed by atoms with Gasteiger partial charge in [-0.05, 0) is 24.1 Å². The molecule has 3 nitrogen and oxygen atoms in total. The Morgan fingerprint density at radius 2 is 2.25 bits per heavy atom. The molecule has 0 amide bonds. The minimum atomic E-state index is 0.0711. The van der Waals surface area contributed by atoms with Crippen LogP contribution in [0.25, 0.3) is 0 Å². The van der Waals surface area contributed by atoms with Gasteiger partial charge in [0, 0.05) is 18.9 Å². The summed E-state index contributed by atoms with van der Waals surface area (Å²) in [6.45, 7) is 1.88. The topological polar surface area (TPSA) is 34.1 Å². The Hall–Kier alpha value is -0.930. The van der Waals surface area contributed by atoms with E-state index in [4.69, 9.17) is 4.74 Å². The third-order valence-corrected chi connectivity index (χ3v) is 1.94. The van der Waals surface area contributed by atoms with E-state index >= 15 is 0 Å². The van der Waals surface area contributed by atoms with Crippen LogP contribution in [0.2, 0.25) is 0 Å². The van der Waals surface area contributed by atoms with E-state index in [2.05, 4.69) is 10.3 Å². The van der Waals surface area contributed by atoms with Crippen molar-refractivity contribution in [2.24, 2.45) is 0 Å². The monoisotopic (exact) mass is 164 g/mol. The first-order valence-corrected chi connectivity index (χ1v) is 4.22. The summed E-state index contributed by atoms with van der Waals surface area (Å²) >= 11 is 0. The van der Waals surface area contributed by atoms with E-state index in [1.807, 2.05) is 12.1 Å². The zero-order valence-corrected chi connectivity index (χ0v) is 6.86. The second kappa shape index (κ2) is 3.65. The van der Waals surface area contributed by atoms with Gasteiger partial charge in [0.25, 0.3) is 0 Å². The molecule has 3 heteroatoms. The molecule has 0 bridgehead atoms. The number of pyridine rings is 1. The van der Waals surface area contributed by atoms with Crippen LogP contribution in [-0.4, -0.2) is 18.1 Å². The van der Waals surface area contributed by atoms with Gasteiger partial charge in [-0.2, -0.15) is 0 Å². The Labute approximate surface area is 71.8 Å². The number of hydrogen-bond donors (Lipinski definition) is 1. The van der Waals surface area contributed by atoms with E-state index in [0.29, 0.717) is 0 Å². The van der Waals surface area contributed by atoms with E-state index in [1.54, 1.807) is 12.4 Å². The van der Waals surface area contributed by atoms with Gasteiger partial charge < -0.3 is 4.74 Å². The van der Waals surface area contributed by atoms with Crippen LogP contribution in [-0.2, 0) is 4.74 Å². The predicted octanol–water partition coefficient (Wildman–Crippen LogP) is 1.09. The quantitative estimate of drug-likeness (QED) is 0.674. The first-order chi connectivity index (χ1) is 5.97. The lowest BCUT2D eigenvalue weighted by Gasteiger charge is -2.24. The summed E-state index contributed by atoms with van der Waals surface area (Å²) in [6, 6.07) is 3.95. The molecule has 0 aliphatic carbocycles. The number of aromatic nitrogens is 1. The minimum absolute atomic E-state index is 0.0711. The van der Waals surface area contributed by atoms with Crippen LogP contribution in [0.15, 0.2) is 24.5 Å². The van der Waals surface area contributed by atoms with E-state index in [-0.39, 0.29) is 6.23 Å². The minimum Gasteiger partial charge on any atom is -0.359 e. The maximum atomic E-state index is 5.53. The fourth-order valence-electron chi connectivity index (χ4n) is 1.32. The summed E-state index contributed by atoms with van der Waals surface area (Å²) in [5, 5.41) is 3.29. The Morgan fingerprint density at radius 3 is 2.92 bits per heavy atom. The molecule has 1 aromatic rings. The molecule has 64 valence electrons. The predicted molar refractivity (Wildman–Crippen MR) is 45.5 cm³/mol. The smallest absolute Gasteiger partial charge is 0.134 e. The summed E-state index contributed by atoms with van der Waals surface area (Å²) < 4.78 is 5.53. The molecular weight excluding hydrogens is 152 g/mol. The number of nitrogens with one attached hydrogen (secondary N) is 1. The average Bonchev–Trinajstić information content (AvgIpc) is 2.21. The molecule has 0 spiro atoms. The molecule has 0 saturated carbocycles. The molecule has 0 aromatic carbocycles. The van der Waals surface area contributed by atoms with Crippen LogP contribution in [0.1, 0.15) is 18.2 Å². The van der Waals surface area contributed by atoms with Gasteiger partial charge in [0.1, 0.15) is 6.23 Å². The molecule has 1 unspecified atom stereocenters. The summed E-state index contributed by atoms with van der Waals surface area (Å²) in [5.74, 6) is 0. The van der Waals surface area contributed by atoms with Gasteiger partial charge in [-0.15, -0.1) is 0 Å². The Kier molecular flexibility index (Phi) is 2.34. The Bertz CT molecular complexity index is 232. The normalized spacial score (nSPS) is 23.8. The molecule has 12 heavy (non-hydrogen) atoms. The summed E-state index contributed by atoms with van der Waals surface area (Å²) in [5.41, 5.74) is 1.16. The first-order valence-electron chi connectivity index (χ1n) is 4.22. The van der Waals surface area contributed by atoms with Crippen LogP contribution in [0.4, 0.5) is 0 Å². The number of rotatable bonds is 1. The van der Waals surface area contributed by atoms with E-state index in [1.165, 1.54) is 0 Å². The van der Waals surface area contributed by atoms with Crippen LogP contribution in [0.5, 0.6) is 0 Å². The van der Waals surface area contributed by atoms with E-state index in [9.17, 15) is 0 Å². The molecule has 2 rings (SSSR count). The maximum Gasteiger partial charge on any atom is 0.134 e. The second-order valence-corrected chi connectivity index (χ2v) is 2.84. The highest BCUT2D eigenvalue weighted by atomic mass is 16.5. The maximum absolute atomic E-state index is 5.53. The summed E-state index contributed by atoms with van der Waals surface area (Å²) in [7, 11) is 0. The van der Waals surface area contributed by atoms with Crippen molar-refractivity contribution >= 4 is 0 Å². The van der Waals surface area contributed by atoms with Crippen LogP contribution in [0.3, 0.4) is 0 Å². The van der Waals surface area contributed by atoms with Crippen molar-refractivity contribution in [1.29, 1.82) is 0 Å². The largest absolute Gasteiger partial charge is 0.359 e. The summed E-state index contributed by atoms with van der Waals surface area (Å²) in [6.07, 6.45) is 4.74. The first kappa shape index (κ1) is 7.71.